The van der Waals surface area contributed by atoms with Crippen LogP contribution in [-0.2, 0) is 13.6 Å². The van der Waals surface area contributed by atoms with Gasteiger partial charge in [-0.05, 0) is 31.8 Å². The second-order valence-corrected chi connectivity index (χ2v) is 7.81. The molecule has 1 N–H and O–H groups in total. The molecule has 8 nitrogen and oxygen atoms in total. The van der Waals surface area contributed by atoms with Crippen molar-refractivity contribution in [2.75, 3.05) is 58.3 Å². The number of anilines is 1. The maximum absolute atomic E-state index is 11.8. The third-order valence-corrected chi connectivity index (χ3v) is 5.04. The molecule has 158 valence electrons. The molecule has 1 atom stereocenters. The van der Waals surface area contributed by atoms with E-state index >= 15 is 0 Å². The number of rotatable bonds is 8. The van der Waals surface area contributed by atoms with Crippen LogP contribution in [0.25, 0.3) is 0 Å². The molecule has 1 saturated heterocycles. The molecule has 0 amide bonds. The second-order valence-electron chi connectivity index (χ2n) is 7.81. The molecule has 2 heterocycles. The van der Waals surface area contributed by atoms with Crippen molar-refractivity contribution in [3.05, 3.63) is 52.4 Å². The van der Waals surface area contributed by atoms with Crippen LogP contribution in [0.5, 0.6) is 5.75 Å². The Morgan fingerprint density at radius 2 is 1.86 bits per heavy atom. The molecule has 1 unspecified atom stereocenters. The molecule has 1 aliphatic rings. The van der Waals surface area contributed by atoms with E-state index in [0.717, 1.165) is 44.2 Å². The van der Waals surface area contributed by atoms with E-state index in [4.69, 9.17) is 4.74 Å². The first kappa shape index (κ1) is 21.3. The third kappa shape index (κ3) is 6.28. The number of aliphatic hydroxyl groups is 1. The van der Waals surface area contributed by atoms with Gasteiger partial charge in [0.15, 0.2) is 0 Å². The molecule has 2 aromatic rings. The van der Waals surface area contributed by atoms with Gasteiger partial charge in [0, 0.05) is 52.4 Å². The highest BCUT2D eigenvalue weighted by atomic mass is 16.5. The highest BCUT2D eigenvalue weighted by Crippen LogP contribution is 2.17. The molecular formula is C21H31N5O3. The SMILES string of the molecule is CN(C)CC(O)COc1ccc(CN2CCN(c3cnn(C)c(=O)c3)CC2)cc1. The molecule has 1 fully saturated rings. The summed E-state index contributed by atoms with van der Waals surface area (Å²) >= 11 is 0. The fourth-order valence-corrected chi connectivity index (χ4v) is 3.41. The van der Waals surface area contributed by atoms with E-state index in [1.165, 1.54) is 10.2 Å². The maximum Gasteiger partial charge on any atom is 0.268 e. The topological polar surface area (TPSA) is 74.1 Å². The van der Waals surface area contributed by atoms with Crippen molar-refractivity contribution in [1.29, 1.82) is 0 Å². The molecule has 0 spiro atoms. The number of likely N-dealkylation sites (N-methyl/N-ethyl adjacent to an activating group) is 1. The van der Waals surface area contributed by atoms with E-state index in [2.05, 4.69) is 27.0 Å². The zero-order chi connectivity index (χ0) is 20.8. The second kappa shape index (κ2) is 9.87. The largest absolute Gasteiger partial charge is 0.491 e. The molecule has 3 rings (SSSR count). The lowest BCUT2D eigenvalue weighted by Crippen LogP contribution is -2.46. The number of ether oxygens (including phenoxy) is 1. The number of aliphatic hydroxyl groups excluding tert-OH is 1. The summed E-state index contributed by atoms with van der Waals surface area (Å²) in [4.78, 5) is 18.3. The minimum absolute atomic E-state index is 0.0820. The fourth-order valence-electron chi connectivity index (χ4n) is 3.41. The summed E-state index contributed by atoms with van der Waals surface area (Å²) in [7, 11) is 5.51. The van der Waals surface area contributed by atoms with Crippen molar-refractivity contribution in [2.24, 2.45) is 7.05 Å². The highest BCUT2D eigenvalue weighted by Gasteiger charge is 2.18. The van der Waals surface area contributed by atoms with Gasteiger partial charge < -0.3 is 19.6 Å². The minimum Gasteiger partial charge on any atom is -0.491 e. The van der Waals surface area contributed by atoms with E-state index in [1.807, 2.05) is 31.1 Å². The lowest BCUT2D eigenvalue weighted by Gasteiger charge is -2.35. The summed E-state index contributed by atoms with van der Waals surface area (Å²) < 4.78 is 7.01. The van der Waals surface area contributed by atoms with Crippen molar-refractivity contribution in [3.8, 4) is 5.75 Å². The Labute approximate surface area is 171 Å². The number of aryl methyl sites for hydroxylation is 1. The predicted octanol–water partition coefficient (Wildman–Crippen LogP) is 0.404. The predicted molar refractivity (Wildman–Crippen MR) is 113 cm³/mol. The monoisotopic (exact) mass is 401 g/mol. The van der Waals surface area contributed by atoms with Gasteiger partial charge in [0.05, 0.1) is 11.9 Å². The lowest BCUT2D eigenvalue weighted by atomic mass is 10.2. The van der Waals surface area contributed by atoms with Crippen molar-refractivity contribution in [1.82, 2.24) is 19.6 Å². The van der Waals surface area contributed by atoms with E-state index in [9.17, 15) is 9.90 Å². The van der Waals surface area contributed by atoms with E-state index in [-0.39, 0.29) is 12.2 Å². The average molecular weight is 402 g/mol. The highest BCUT2D eigenvalue weighted by molar-refractivity contribution is 5.43. The Morgan fingerprint density at radius 3 is 2.48 bits per heavy atom. The van der Waals surface area contributed by atoms with Crippen LogP contribution in [0, 0.1) is 0 Å². The normalized spacial score (nSPS) is 16.2. The molecular weight excluding hydrogens is 370 g/mol. The lowest BCUT2D eigenvalue weighted by molar-refractivity contribution is 0.0831. The molecule has 0 saturated carbocycles. The van der Waals surface area contributed by atoms with Gasteiger partial charge in [-0.2, -0.15) is 5.10 Å². The Kier molecular flexibility index (Phi) is 7.24. The van der Waals surface area contributed by atoms with Crippen LogP contribution >= 0.6 is 0 Å². The smallest absolute Gasteiger partial charge is 0.268 e. The third-order valence-electron chi connectivity index (χ3n) is 5.04. The van der Waals surface area contributed by atoms with Gasteiger partial charge in [0.1, 0.15) is 18.5 Å². The molecule has 1 aliphatic heterocycles. The molecule has 0 aliphatic carbocycles. The first-order chi connectivity index (χ1) is 13.9. The number of benzene rings is 1. The quantitative estimate of drug-likeness (QED) is 0.687. The van der Waals surface area contributed by atoms with Crippen molar-refractivity contribution >= 4 is 5.69 Å². The van der Waals surface area contributed by atoms with Gasteiger partial charge in [0.2, 0.25) is 0 Å². The van der Waals surface area contributed by atoms with E-state index in [1.54, 1.807) is 19.3 Å². The van der Waals surface area contributed by atoms with Crippen LogP contribution in [0.1, 0.15) is 5.56 Å². The summed E-state index contributed by atoms with van der Waals surface area (Å²) in [5, 5.41) is 14.0. The van der Waals surface area contributed by atoms with Crippen molar-refractivity contribution in [3.63, 3.8) is 0 Å². The van der Waals surface area contributed by atoms with Crippen molar-refractivity contribution < 1.29 is 9.84 Å². The Morgan fingerprint density at radius 1 is 1.17 bits per heavy atom. The zero-order valence-corrected chi connectivity index (χ0v) is 17.5. The average Bonchev–Trinajstić information content (AvgIpc) is 2.70. The van der Waals surface area contributed by atoms with Gasteiger partial charge in [-0.1, -0.05) is 12.1 Å². The minimum atomic E-state index is -0.499. The standard InChI is InChI=1S/C21H31N5O3/c1-23(2)15-19(27)16-29-20-6-4-17(5-7-20)14-25-8-10-26(11-9-25)18-12-21(28)24(3)22-13-18/h4-7,12-13,19,27H,8-11,14-16H2,1-3H3. The van der Waals surface area contributed by atoms with Gasteiger partial charge in [-0.25, -0.2) is 4.68 Å². The van der Waals surface area contributed by atoms with Crippen LogP contribution in [0.15, 0.2) is 41.3 Å². The Bertz CT molecular complexity index is 829. The van der Waals surface area contributed by atoms with Gasteiger partial charge in [-0.3, -0.25) is 9.69 Å². The summed E-state index contributed by atoms with van der Waals surface area (Å²) in [6.07, 6.45) is 1.26. The molecule has 0 bridgehead atoms. The van der Waals surface area contributed by atoms with Crippen LogP contribution < -0.4 is 15.2 Å². The first-order valence-electron chi connectivity index (χ1n) is 9.96. The molecule has 29 heavy (non-hydrogen) atoms. The number of piperazine rings is 1. The van der Waals surface area contributed by atoms with Gasteiger partial charge in [-0.15, -0.1) is 0 Å². The van der Waals surface area contributed by atoms with E-state index in [0.29, 0.717) is 6.54 Å². The number of nitrogens with zero attached hydrogens (tertiary/aromatic N) is 5. The van der Waals surface area contributed by atoms with Gasteiger partial charge in [0.25, 0.3) is 5.56 Å². The van der Waals surface area contributed by atoms with Crippen LogP contribution in [0.4, 0.5) is 5.69 Å². The molecule has 0 radical (unpaired) electrons. The number of aromatic nitrogens is 2. The summed E-state index contributed by atoms with van der Waals surface area (Å²) in [5.74, 6) is 0.773. The summed E-state index contributed by atoms with van der Waals surface area (Å²) in [5.41, 5.74) is 2.04. The number of hydrogen-bond acceptors (Lipinski definition) is 7. The van der Waals surface area contributed by atoms with Crippen LogP contribution in [0.3, 0.4) is 0 Å². The fraction of sp³-hybridized carbons (Fsp3) is 0.524. The van der Waals surface area contributed by atoms with Gasteiger partial charge >= 0.3 is 0 Å². The van der Waals surface area contributed by atoms with Crippen LogP contribution in [-0.4, -0.2) is 84.2 Å². The zero-order valence-electron chi connectivity index (χ0n) is 17.5. The van der Waals surface area contributed by atoms with E-state index < -0.39 is 6.10 Å². The first-order valence-corrected chi connectivity index (χ1v) is 9.96. The number of hydrogen-bond donors (Lipinski definition) is 1. The summed E-state index contributed by atoms with van der Waals surface area (Å²) in [6.45, 7) is 5.37. The Balaban J connectivity index is 1.45. The van der Waals surface area contributed by atoms with Crippen LogP contribution in [0.2, 0.25) is 0 Å². The molecule has 8 heteroatoms. The maximum atomic E-state index is 11.8. The molecule has 1 aromatic heterocycles. The van der Waals surface area contributed by atoms with Crippen molar-refractivity contribution in [2.45, 2.75) is 12.6 Å². The summed E-state index contributed by atoms with van der Waals surface area (Å²) in [6, 6.07) is 9.71. The molecule has 1 aromatic carbocycles. The Hall–Kier alpha value is -2.42.